The molecule has 0 amide bonds. The van der Waals surface area contributed by atoms with Crippen molar-refractivity contribution in [2.75, 3.05) is 26.2 Å². The van der Waals surface area contributed by atoms with Crippen LogP contribution in [0.4, 0.5) is 0 Å². The predicted octanol–water partition coefficient (Wildman–Crippen LogP) is 3.56. The number of hydrogen-bond donors (Lipinski definition) is 0. The molecule has 1 aliphatic rings. The summed E-state index contributed by atoms with van der Waals surface area (Å²) in [6.45, 7) is 6.60. The molecule has 2 nitrogen and oxygen atoms in total. The van der Waals surface area contributed by atoms with Crippen LogP contribution in [-0.4, -0.2) is 31.1 Å². The van der Waals surface area contributed by atoms with Crippen LogP contribution in [-0.2, 0) is 0 Å². The van der Waals surface area contributed by atoms with Gasteiger partial charge in [0.1, 0.15) is 12.4 Å². The van der Waals surface area contributed by atoms with Crippen molar-refractivity contribution in [2.45, 2.75) is 19.8 Å². The van der Waals surface area contributed by atoms with Gasteiger partial charge in [0, 0.05) is 6.54 Å². The Morgan fingerprint density at radius 2 is 2.00 bits per heavy atom. The van der Waals surface area contributed by atoms with Crippen molar-refractivity contribution in [3.8, 4) is 5.75 Å². The minimum Gasteiger partial charge on any atom is -0.491 e. The quantitative estimate of drug-likeness (QED) is 0.842. The third kappa shape index (κ3) is 4.00. The average molecular weight is 298 g/mol. The Kier molecular flexibility index (Phi) is 4.86. The van der Waals surface area contributed by atoms with E-state index >= 15 is 0 Å². The van der Waals surface area contributed by atoms with E-state index in [1.165, 1.54) is 25.9 Å². The smallest absolute Gasteiger partial charge is 0.133 e. The summed E-state index contributed by atoms with van der Waals surface area (Å²) in [5, 5.41) is 0. The lowest BCUT2D eigenvalue weighted by atomic mass is 9.99. The van der Waals surface area contributed by atoms with Gasteiger partial charge >= 0.3 is 0 Å². The summed E-state index contributed by atoms with van der Waals surface area (Å²) in [4.78, 5) is 2.50. The van der Waals surface area contributed by atoms with Gasteiger partial charge in [-0.1, -0.05) is 19.1 Å². The number of para-hydroxylation sites is 1. The van der Waals surface area contributed by atoms with Crippen molar-refractivity contribution in [2.24, 2.45) is 5.92 Å². The van der Waals surface area contributed by atoms with Crippen LogP contribution in [0.15, 0.2) is 28.7 Å². The molecule has 0 radical (unpaired) electrons. The molecule has 1 saturated heterocycles. The predicted molar refractivity (Wildman–Crippen MR) is 74.5 cm³/mol. The largest absolute Gasteiger partial charge is 0.491 e. The zero-order chi connectivity index (χ0) is 12.1. The molecule has 1 aliphatic heterocycles. The number of hydrogen-bond acceptors (Lipinski definition) is 2. The summed E-state index contributed by atoms with van der Waals surface area (Å²) in [5.41, 5.74) is 0. The molecule has 1 heterocycles. The Balaban J connectivity index is 1.71. The van der Waals surface area contributed by atoms with E-state index in [1.807, 2.05) is 24.3 Å². The van der Waals surface area contributed by atoms with Gasteiger partial charge in [-0.05, 0) is 59.9 Å². The first-order valence-electron chi connectivity index (χ1n) is 6.35. The summed E-state index contributed by atoms with van der Waals surface area (Å²) in [6, 6.07) is 8.02. The molecule has 0 aromatic heterocycles. The molecule has 0 unspecified atom stereocenters. The highest BCUT2D eigenvalue weighted by atomic mass is 79.9. The maximum absolute atomic E-state index is 5.78. The SMILES string of the molecule is CC1CCN(CCOc2ccccc2Br)CC1. The molecule has 1 fully saturated rings. The molecule has 17 heavy (non-hydrogen) atoms. The lowest BCUT2D eigenvalue weighted by Gasteiger charge is -2.29. The van der Waals surface area contributed by atoms with Crippen LogP contribution < -0.4 is 4.74 Å². The standard InChI is InChI=1S/C14H20BrNO/c1-12-6-8-16(9-7-12)10-11-17-14-5-3-2-4-13(14)15/h2-5,12H,6-11H2,1H3. The van der Waals surface area contributed by atoms with E-state index in [1.54, 1.807) is 0 Å². The summed E-state index contributed by atoms with van der Waals surface area (Å²) in [7, 11) is 0. The number of nitrogens with zero attached hydrogens (tertiary/aromatic N) is 1. The van der Waals surface area contributed by atoms with Crippen LogP contribution in [0.3, 0.4) is 0 Å². The summed E-state index contributed by atoms with van der Waals surface area (Å²) in [5.74, 6) is 1.84. The topological polar surface area (TPSA) is 12.5 Å². The van der Waals surface area contributed by atoms with E-state index in [2.05, 4.69) is 27.8 Å². The fraction of sp³-hybridized carbons (Fsp3) is 0.571. The molecular weight excluding hydrogens is 278 g/mol. The van der Waals surface area contributed by atoms with Crippen LogP contribution in [0.25, 0.3) is 0 Å². The molecule has 94 valence electrons. The van der Waals surface area contributed by atoms with Gasteiger partial charge in [-0.25, -0.2) is 0 Å². The van der Waals surface area contributed by atoms with Crippen molar-refractivity contribution in [3.05, 3.63) is 28.7 Å². The molecule has 2 rings (SSSR count). The van der Waals surface area contributed by atoms with E-state index in [0.29, 0.717) is 0 Å². The van der Waals surface area contributed by atoms with Gasteiger partial charge in [0.2, 0.25) is 0 Å². The average Bonchev–Trinajstić information content (AvgIpc) is 2.34. The first-order chi connectivity index (χ1) is 8.25. The number of benzene rings is 1. The maximum atomic E-state index is 5.78. The number of ether oxygens (including phenoxy) is 1. The third-order valence-corrected chi connectivity index (χ3v) is 4.03. The van der Waals surface area contributed by atoms with Gasteiger partial charge in [0.15, 0.2) is 0 Å². The molecule has 0 spiro atoms. The van der Waals surface area contributed by atoms with Gasteiger partial charge in [-0.15, -0.1) is 0 Å². The molecule has 0 N–H and O–H groups in total. The summed E-state index contributed by atoms with van der Waals surface area (Å²) >= 11 is 3.49. The Hall–Kier alpha value is -0.540. The van der Waals surface area contributed by atoms with Gasteiger partial charge in [-0.2, -0.15) is 0 Å². The number of likely N-dealkylation sites (tertiary alicyclic amines) is 1. The van der Waals surface area contributed by atoms with Gasteiger partial charge in [0.05, 0.1) is 4.47 Å². The highest BCUT2D eigenvalue weighted by Gasteiger charge is 2.15. The van der Waals surface area contributed by atoms with Crippen LogP contribution >= 0.6 is 15.9 Å². The molecule has 0 bridgehead atoms. The Morgan fingerprint density at radius 1 is 1.29 bits per heavy atom. The first-order valence-corrected chi connectivity index (χ1v) is 7.14. The molecular formula is C14H20BrNO. The highest BCUT2D eigenvalue weighted by molar-refractivity contribution is 9.10. The normalized spacial score (nSPS) is 18.2. The third-order valence-electron chi connectivity index (χ3n) is 3.38. The van der Waals surface area contributed by atoms with E-state index in [4.69, 9.17) is 4.74 Å². The van der Waals surface area contributed by atoms with Crippen LogP contribution in [0.2, 0.25) is 0 Å². The van der Waals surface area contributed by atoms with E-state index in [-0.39, 0.29) is 0 Å². The Labute approximate surface area is 112 Å². The molecule has 0 aliphatic carbocycles. The van der Waals surface area contributed by atoms with Gasteiger partial charge in [-0.3, -0.25) is 4.90 Å². The number of halogens is 1. The molecule has 1 aromatic rings. The van der Waals surface area contributed by atoms with Crippen molar-refractivity contribution in [3.63, 3.8) is 0 Å². The highest BCUT2D eigenvalue weighted by Crippen LogP contribution is 2.23. The van der Waals surface area contributed by atoms with Gasteiger partial charge < -0.3 is 4.74 Å². The Morgan fingerprint density at radius 3 is 2.71 bits per heavy atom. The zero-order valence-electron chi connectivity index (χ0n) is 10.4. The second-order valence-electron chi connectivity index (χ2n) is 4.80. The second kappa shape index (κ2) is 6.41. The number of piperidine rings is 1. The summed E-state index contributed by atoms with van der Waals surface area (Å²) < 4.78 is 6.81. The van der Waals surface area contributed by atoms with E-state index in [0.717, 1.165) is 29.3 Å². The maximum Gasteiger partial charge on any atom is 0.133 e. The fourth-order valence-corrected chi connectivity index (χ4v) is 2.53. The second-order valence-corrected chi connectivity index (χ2v) is 5.66. The Bertz CT molecular complexity index is 348. The monoisotopic (exact) mass is 297 g/mol. The lowest BCUT2D eigenvalue weighted by Crippen LogP contribution is -2.35. The lowest BCUT2D eigenvalue weighted by molar-refractivity contribution is 0.160. The zero-order valence-corrected chi connectivity index (χ0v) is 11.9. The molecule has 0 atom stereocenters. The molecule has 0 saturated carbocycles. The van der Waals surface area contributed by atoms with E-state index < -0.39 is 0 Å². The summed E-state index contributed by atoms with van der Waals surface area (Å²) in [6.07, 6.45) is 2.66. The molecule has 1 aromatic carbocycles. The first kappa shape index (κ1) is 12.9. The van der Waals surface area contributed by atoms with Crippen LogP contribution in [0.5, 0.6) is 5.75 Å². The van der Waals surface area contributed by atoms with Gasteiger partial charge in [0.25, 0.3) is 0 Å². The van der Waals surface area contributed by atoms with Crippen molar-refractivity contribution < 1.29 is 4.74 Å². The minimum atomic E-state index is 0.775. The van der Waals surface area contributed by atoms with Crippen molar-refractivity contribution in [1.82, 2.24) is 4.90 Å². The van der Waals surface area contributed by atoms with Crippen LogP contribution in [0.1, 0.15) is 19.8 Å². The minimum absolute atomic E-state index is 0.775. The number of rotatable bonds is 4. The van der Waals surface area contributed by atoms with Crippen molar-refractivity contribution in [1.29, 1.82) is 0 Å². The van der Waals surface area contributed by atoms with Crippen molar-refractivity contribution >= 4 is 15.9 Å². The van der Waals surface area contributed by atoms with Crippen LogP contribution in [0, 0.1) is 5.92 Å². The van der Waals surface area contributed by atoms with E-state index in [9.17, 15) is 0 Å². The molecule has 3 heteroatoms. The fourth-order valence-electron chi connectivity index (χ4n) is 2.13.